The minimum absolute atomic E-state index is 0.110. The summed E-state index contributed by atoms with van der Waals surface area (Å²) in [6, 6.07) is 7.77. The zero-order valence-electron chi connectivity index (χ0n) is 8.53. The molecule has 1 heterocycles. The third-order valence-corrected chi connectivity index (χ3v) is 2.88. The first-order valence-electron chi connectivity index (χ1n) is 4.70. The Labute approximate surface area is 117 Å². The van der Waals surface area contributed by atoms with Crippen molar-refractivity contribution >= 4 is 39.1 Å². The maximum absolute atomic E-state index is 5.88. The summed E-state index contributed by atoms with van der Waals surface area (Å²) in [4.78, 5) is 7.64. The highest BCUT2D eigenvalue weighted by Gasteiger charge is 2.05. The van der Waals surface area contributed by atoms with Gasteiger partial charge in [0, 0.05) is 4.47 Å². The topological polar surface area (TPSA) is 35.0 Å². The molecule has 17 heavy (non-hydrogen) atoms. The molecule has 3 nitrogen and oxygen atoms in total. The molecule has 0 spiro atoms. The molecule has 0 atom stereocenters. The third kappa shape index (κ3) is 3.56. The molecule has 0 N–H and O–H groups in total. The number of rotatable bonds is 3. The van der Waals surface area contributed by atoms with Gasteiger partial charge in [0.15, 0.2) is 0 Å². The van der Waals surface area contributed by atoms with Crippen molar-refractivity contribution in [3.63, 3.8) is 0 Å². The van der Waals surface area contributed by atoms with E-state index in [2.05, 4.69) is 25.9 Å². The van der Waals surface area contributed by atoms with Crippen molar-refractivity contribution < 1.29 is 4.74 Å². The molecule has 6 heteroatoms. The number of ether oxygens (including phenoxy) is 1. The summed E-state index contributed by atoms with van der Waals surface area (Å²) in [5, 5.41) is 0.447. The molecule has 0 amide bonds. The number of hydrogen-bond donors (Lipinski definition) is 0. The van der Waals surface area contributed by atoms with Crippen molar-refractivity contribution in [3.05, 3.63) is 50.8 Å². The van der Waals surface area contributed by atoms with E-state index in [1.54, 1.807) is 0 Å². The molecule has 2 rings (SSSR count). The summed E-state index contributed by atoms with van der Waals surface area (Å²) in [6.45, 7) is 0.368. The molecule has 0 radical (unpaired) electrons. The maximum atomic E-state index is 5.88. The molecule has 0 fully saturated rings. The second-order valence-electron chi connectivity index (χ2n) is 3.21. The Balaban J connectivity index is 2.09. The van der Waals surface area contributed by atoms with E-state index < -0.39 is 0 Å². The Bertz CT molecular complexity index is 537. The van der Waals surface area contributed by atoms with Gasteiger partial charge >= 0.3 is 0 Å². The largest absolute Gasteiger partial charge is 0.472 e. The van der Waals surface area contributed by atoms with E-state index in [9.17, 15) is 0 Å². The predicted octanol–water partition coefficient (Wildman–Crippen LogP) is 4.12. The van der Waals surface area contributed by atoms with Gasteiger partial charge in [0.1, 0.15) is 11.6 Å². The number of aromatic nitrogens is 2. The Morgan fingerprint density at radius 2 is 2.12 bits per heavy atom. The Hall–Kier alpha value is -0.840. The summed E-state index contributed by atoms with van der Waals surface area (Å²) >= 11 is 14.9. The highest BCUT2D eigenvalue weighted by Crippen LogP contribution is 2.23. The summed E-state index contributed by atoms with van der Waals surface area (Å²) in [5.41, 5.74) is 1.00. The lowest BCUT2D eigenvalue weighted by molar-refractivity contribution is 0.293. The molecule has 0 aliphatic heterocycles. The average Bonchev–Trinajstić information content (AvgIpc) is 2.30. The monoisotopic (exact) mass is 332 g/mol. The van der Waals surface area contributed by atoms with Crippen LogP contribution in [-0.4, -0.2) is 9.97 Å². The first kappa shape index (κ1) is 12.6. The van der Waals surface area contributed by atoms with E-state index in [4.69, 9.17) is 27.9 Å². The van der Waals surface area contributed by atoms with Crippen molar-refractivity contribution in [2.75, 3.05) is 0 Å². The summed E-state index contributed by atoms with van der Waals surface area (Å²) in [6.07, 6.45) is 1.41. The first-order chi connectivity index (χ1) is 8.15. The van der Waals surface area contributed by atoms with Crippen LogP contribution in [0.15, 0.2) is 34.9 Å². The molecule has 0 bridgehead atoms. The van der Waals surface area contributed by atoms with Crippen molar-refractivity contribution in [2.45, 2.75) is 6.61 Å². The Kier molecular flexibility index (Phi) is 4.20. The summed E-state index contributed by atoms with van der Waals surface area (Å²) in [5.74, 6) is 0.284. The van der Waals surface area contributed by atoms with Crippen LogP contribution in [0.1, 0.15) is 5.56 Å². The van der Waals surface area contributed by atoms with Crippen molar-refractivity contribution in [2.24, 2.45) is 0 Å². The van der Waals surface area contributed by atoms with Crippen LogP contribution >= 0.6 is 39.1 Å². The lowest BCUT2D eigenvalue weighted by atomic mass is 10.2. The minimum atomic E-state index is 0.110. The van der Waals surface area contributed by atoms with Crippen LogP contribution in [0.4, 0.5) is 0 Å². The Morgan fingerprint density at radius 1 is 1.29 bits per heavy atom. The van der Waals surface area contributed by atoms with Gasteiger partial charge in [-0.1, -0.05) is 39.7 Å². The van der Waals surface area contributed by atoms with Crippen molar-refractivity contribution in [1.82, 2.24) is 9.97 Å². The second-order valence-corrected chi connectivity index (χ2v) is 4.87. The SMILES string of the molecule is Clc1ncc(Cl)c(OCc2cccc(Br)c2)n1. The molecule has 1 aromatic heterocycles. The van der Waals surface area contributed by atoms with Gasteiger partial charge < -0.3 is 4.74 Å². The highest BCUT2D eigenvalue weighted by atomic mass is 79.9. The molecule has 0 aliphatic carbocycles. The van der Waals surface area contributed by atoms with E-state index in [1.807, 2.05) is 24.3 Å². The van der Waals surface area contributed by atoms with Crippen LogP contribution in [0.25, 0.3) is 0 Å². The summed E-state index contributed by atoms with van der Waals surface area (Å²) < 4.78 is 6.46. The first-order valence-corrected chi connectivity index (χ1v) is 6.25. The van der Waals surface area contributed by atoms with Gasteiger partial charge in [0.25, 0.3) is 0 Å². The quantitative estimate of drug-likeness (QED) is 0.792. The van der Waals surface area contributed by atoms with E-state index in [0.29, 0.717) is 11.6 Å². The fourth-order valence-electron chi connectivity index (χ4n) is 1.21. The minimum Gasteiger partial charge on any atom is -0.472 e. The molecule has 0 unspecified atom stereocenters. The van der Waals surface area contributed by atoms with Gasteiger partial charge in [0.05, 0.1) is 6.20 Å². The lowest BCUT2D eigenvalue weighted by Crippen LogP contribution is -1.98. The molecule has 2 aromatic rings. The zero-order valence-corrected chi connectivity index (χ0v) is 11.6. The number of hydrogen-bond acceptors (Lipinski definition) is 3. The standard InChI is InChI=1S/C11H7BrCl2N2O/c12-8-3-1-2-7(4-8)6-17-10-9(13)5-15-11(14)16-10/h1-5H,6H2. The van der Waals surface area contributed by atoms with E-state index in [1.165, 1.54) is 6.20 Å². The second kappa shape index (κ2) is 5.67. The van der Waals surface area contributed by atoms with Gasteiger partial charge in [-0.15, -0.1) is 0 Å². The molecule has 88 valence electrons. The molecular weight excluding hydrogens is 327 g/mol. The smallest absolute Gasteiger partial charge is 0.237 e. The van der Waals surface area contributed by atoms with Gasteiger partial charge in [0.2, 0.25) is 11.2 Å². The average molecular weight is 334 g/mol. The molecule has 0 aliphatic rings. The van der Waals surface area contributed by atoms with Gasteiger partial charge in [-0.2, -0.15) is 4.98 Å². The molecular formula is C11H7BrCl2N2O. The van der Waals surface area contributed by atoms with Gasteiger partial charge in [-0.25, -0.2) is 4.98 Å². The van der Waals surface area contributed by atoms with E-state index >= 15 is 0 Å². The normalized spacial score (nSPS) is 10.3. The fraction of sp³-hybridized carbons (Fsp3) is 0.0909. The highest BCUT2D eigenvalue weighted by molar-refractivity contribution is 9.10. The van der Waals surface area contributed by atoms with Crippen molar-refractivity contribution in [3.8, 4) is 5.88 Å². The van der Waals surface area contributed by atoms with Crippen molar-refractivity contribution in [1.29, 1.82) is 0 Å². The molecule has 0 saturated heterocycles. The fourth-order valence-corrected chi connectivity index (χ4v) is 1.93. The van der Waals surface area contributed by atoms with Crippen LogP contribution < -0.4 is 4.74 Å². The predicted molar refractivity (Wildman–Crippen MR) is 70.5 cm³/mol. The van der Waals surface area contributed by atoms with Crippen LogP contribution in [0, 0.1) is 0 Å². The third-order valence-electron chi connectivity index (χ3n) is 1.95. The molecule has 0 saturated carbocycles. The zero-order chi connectivity index (χ0) is 12.3. The van der Waals surface area contributed by atoms with Gasteiger partial charge in [-0.3, -0.25) is 0 Å². The number of halogens is 3. The lowest BCUT2D eigenvalue weighted by Gasteiger charge is -2.07. The Morgan fingerprint density at radius 3 is 2.88 bits per heavy atom. The number of nitrogens with zero attached hydrogens (tertiary/aromatic N) is 2. The van der Waals surface area contributed by atoms with E-state index in [-0.39, 0.29) is 11.2 Å². The van der Waals surface area contributed by atoms with Crippen LogP contribution in [0.3, 0.4) is 0 Å². The van der Waals surface area contributed by atoms with Crippen LogP contribution in [0.5, 0.6) is 5.88 Å². The van der Waals surface area contributed by atoms with E-state index in [0.717, 1.165) is 10.0 Å². The van der Waals surface area contributed by atoms with Gasteiger partial charge in [-0.05, 0) is 29.3 Å². The number of benzene rings is 1. The van der Waals surface area contributed by atoms with Crippen LogP contribution in [-0.2, 0) is 6.61 Å². The maximum Gasteiger partial charge on any atom is 0.237 e. The molecule has 1 aromatic carbocycles. The van der Waals surface area contributed by atoms with Crippen LogP contribution in [0.2, 0.25) is 10.3 Å². The summed E-state index contributed by atoms with van der Waals surface area (Å²) in [7, 11) is 0.